The summed E-state index contributed by atoms with van der Waals surface area (Å²) in [5.41, 5.74) is 2.48. The molecule has 0 saturated carbocycles. The molecule has 2 aromatic carbocycles. The third-order valence-corrected chi connectivity index (χ3v) is 3.39. The third kappa shape index (κ3) is 2.28. The highest BCUT2D eigenvalue weighted by atomic mass is 16.1. The first kappa shape index (κ1) is 12.4. The average Bonchev–Trinajstić information content (AvgIpc) is 2.91. The number of nitrogens with zero attached hydrogens (tertiary/aromatic N) is 1. The Balaban J connectivity index is 1.81. The Bertz CT molecular complexity index is 756. The summed E-state index contributed by atoms with van der Waals surface area (Å²) in [6, 6.07) is 14.3. The zero-order chi connectivity index (χ0) is 13.9. The van der Waals surface area contributed by atoms with Gasteiger partial charge in [0, 0.05) is 12.2 Å². The van der Waals surface area contributed by atoms with Gasteiger partial charge in [0.25, 0.3) is 5.91 Å². The fraction of sp³-hybridized carbons (Fsp3) is 0.125. The lowest BCUT2D eigenvalue weighted by atomic mass is 10.0. The molecule has 3 rings (SSSR count). The molecule has 0 spiro atoms. The topological polar surface area (TPSA) is 57.8 Å². The van der Waals surface area contributed by atoms with Crippen LogP contribution in [0.2, 0.25) is 0 Å². The molecular weight excluding hydrogens is 250 g/mol. The number of aromatic amines is 1. The van der Waals surface area contributed by atoms with Crippen molar-refractivity contribution in [1.29, 1.82) is 0 Å². The second kappa shape index (κ2) is 5.17. The Morgan fingerprint density at radius 3 is 2.80 bits per heavy atom. The van der Waals surface area contributed by atoms with E-state index in [1.54, 1.807) is 6.20 Å². The van der Waals surface area contributed by atoms with Crippen LogP contribution in [0.5, 0.6) is 0 Å². The van der Waals surface area contributed by atoms with Crippen molar-refractivity contribution in [3.63, 3.8) is 0 Å². The quantitative estimate of drug-likeness (QED) is 0.765. The summed E-state index contributed by atoms with van der Waals surface area (Å²) in [4.78, 5) is 12.1. The van der Waals surface area contributed by atoms with Crippen molar-refractivity contribution in [2.45, 2.75) is 13.5 Å². The van der Waals surface area contributed by atoms with Crippen molar-refractivity contribution < 1.29 is 4.79 Å². The number of hydrogen-bond acceptors (Lipinski definition) is 2. The number of carbonyl (C=O) groups is 1. The van der Waals surface area contributed by atoms with Crippen molar-refractivity contribution >= 4 is 16.7 Å². The number of H-pyrrole nitrogens is 1. The molecule has 0 aliphatic heterocycles. The lowest BCUT2D eigenvalue weighted by Crippen LogP contribution is -2.23. The van der Waals surface area contributed by atoms with Gasteiger partial charge in [-0.15, -0.1) is 0 Å². The normalized spacial score (nSPS) is 10.7. The summed E-state index contributed by atoms with van der Waals surface area (Å²) < 4.78 is 0. The number of rotatable bonds is 3. The van der Waals surface area contributed by atoms with E-state index in [4.69, 9.17) is 0 Å². The molecule has 0 bridgehead atoms. The second-order valence-corrected chi connectivity index (χ2v) is 4.73. The molecule has 100 valence electrons. The Morgan fingerprint density at radius 1 is 1.20 bits per heavy atom. The van der Waals surface area contributed by atoms with Crippen molar-refractivity contribution in [3.05, 3.63) is 65.5 Å². The standard InChI is InChI=1S/C16H15N3O/c1-11-15(10-18-19-11)16(20)17-9-13-7-4-6-12-5-2-3-8-14(12)13/h2-8,10H,9H2,1H3,(H,17,20)(H,18,19). The van der Waals surface area contributed by atoms with Crippen LogP contribution >= 0.6 is 0 Å². The summed E-state index contributed by atoms with van der Waals surface area (Å²) in [5.74, 6) is -0.107. The molecule has 1 amide bonds. The zero-order valence-electron chi connectivity index (χ0n) is 11.2. The number of benzene rings is 2. The van der Waals surface area contributed by atoms with Gasteiger partial charge in [0.2, 0.25) is 0 Å². The van der Waals surface area contributed by atoms with Crippen LogP contribution in [0.3, 0.4) is 0 Å². The van der Waals surface area contributed by atoms with Gasteiger partial charge in [-0.1, -0.05) is 42.5 Å². The average molecular weight is 265 g/mol. The summed E-state index contributed by atoms with van der Waals surface area (Å²) >= 11 is 0. The summed E-state index contributed by atoms with van der Waals surface area (Å²) in [6.07, 6.45) is 1.55. The molecule has 0 aliphatic carbocycles. The van der Waals surface area contributed by atoms with E-state index in [2.05, 4.69) is 33.7 Å². The maximum atomic E-state index is 12.1. The lowest BCUT2D eigenvalue weighted by Gasteiger charge is -2.08. The van der Waals surface area contributed by atoms with Crippen molar-refractivity contribution in [2.24, 2.45) is 0 Å². The van der Waals surface area contributed by atoms with E-state index < -0.39 is 0 Å². The van der Waals surface area contributed by atoms with Gasteiger partial charge in [0.15, 0.2) is 0 Å². The van der Waals surface area contributed by atoms with E-state index >= 15 is 0 Å². The monoisotopic (exact) mass is 265 g/mol. The number of aryl methyl sites for hydroxylation is 1. The fourth-order valence-electron chi connectivity index (χ4n) is 2.30. The molecule has 4 nitrogen and oxygen atoms in total. The number of amides is 1. The van der Waals surface area contributed by atoms with Crippen LogP contribution in [-0.2, 0) is 6.54 Å². The Morgan fingerprint density at radius 2 is 2.00 bits per heavy atom. The first-order valence-corrected chi connectivity index (χ1v) is 6.50. The highest BCUT2D eigenvalue weighted by molar-refractivity contribution is 5.95. The number of carbonyl (C=O) groups excluding carboxylic acids is 1. The van der Waals surface area contributed by atoms with Crippen LogP contribution in [0.15, 0.2) is 48.7 Å². The van der Waals surface area contributed by atoms with Crippen molar-refractivity contribution in [1.82, 2.24) is 15.5 Å². The van der Waals surface area contributed by atoms with Gasteiger partial charge >= 0.3 is 0 Å². The first-order valence-electron chi connectivity index (χ1n) is 6.50. The minimum Gasteiger partial charge on any atom is -0.348 e. The van der Waals surface area contributed by atoms with E-state index in [-0.39, 0.29) is 5.91 Å². The van der Waals surface area contributed by atoms with E-state index in [1.165, 1.54) is 10.8 Å². The maximum Gasteiger partial charge on any atom is 0.255 e. The van der Waals surface area contributed by atoms with Gasteiger partial charge in [-0.25, -0.2) is 0 Å². The van der Waals surface area contributed by atoms with Gasteiger partial charge in [-0.3, -0.25) is 9.89 Å². The van der Waals surface area contributed by atoms with Crippen LogP contribution in [0, 0.1) is 6.92 Å². The zero-order valence-corrected chi connectivity index (χ0v) is 11.2. The van der Waals surface area contributed by atoms with Crippen LogP contribution in [0.25, 0.3) is 10.8 Å². The molecule has 2 N–H and O–H groups in total. The summed E-state index contributed by atoms with van der Waals surface area (Å²) in [5, 5.41) is 11.9. The van der Waals surface area contributed by atoms with Crippen LogP contribution in [-0.4, -0.2) is 16.1 Å². The number of fused-ring (bicyclic) bond motifs is 1. The minimum absolute atomic E-state index is 0.107. The number of aromatic nitrogens is 2. The first-order chi connectivity index (χ1) is 9.75. The number of nitrogens with one attached hydrogen (secondary N) is 2. The SMILES string of the molecule is Cc1[nH]ncc1C(=O)NCc1cccc2ccccc12. The van der Waals surface area contributed by atoms with Crippen molar-refractivity contribution in [3.8, 4) is 0 Å². The molecule has 0 unspecified atom stereocenters. The molecule has 0 fully saturated rings. The smallest absolute Gasteiger partial charge is 0.255 e. The Labute approximate surface area is 116 Å². The summed E-state index contributed by atoms with van der Waals surface area (Å²) in [7, 11) is 0. The van der Waals surface area contributed by atoms with Crippen molar-refractivity contribution in [2.75, 3.05) is 0 Å². The van der Waals surface area contributed by atoms with Crippen LogP contribution in [0.4, 0.5) is 0 Å². The Kier molecular flexibility index (Phi) is 3.21. The van der Waals surface area contributed by atoms with Gasteiger partial charge < -0.3 is 5.32 Å². The highest BCUT2D eigenvalue weighted by Gasteiger charge is 2.10. The van der Waals surface area contributed by atoms with Gasteiger partial charge in [-0.05, 0) is 23.3 Å². The van der Waals surface area contributed by atoms with Gasteiger partial charge in [-0.2, -0.15) is 5.10 Å². The molecule has 4 heteroatoms. The molecule has 0 radical (unpaired) electrons. The molecule has 1 heterocycles. The second-order valence-electron chi connectivity index (χ2n) is 4.73. The molecular formula is C16H15N3O. The fourth-order valence-corrected chi connectivity index (χ4v) is 2.30. The third-order valence-electron chi connectivity index (χ3n) is 3.39. The summed E-state index contributed by atoms with van der Waals surface area (Å²) in [6.45, 7) is 2.34. The molecule has 1 aromatic heterocycles. The maximum absolute atomic E-state index is 12.1. The van der Waals surface area contributed by atoms with E-state index in [0.29, 0.717) is 12.1 Å². The van der Waals surface area contributed by atoms with E-state index in [0.717, 1.165) is 11.3 Å². The largest absolute Gasteiger partial charge is 0.348 e. The predicted octanol–water partition coefficient (Wildman–Crippen LogP) is 2.80. The molecule has 0 atom stereocenters. The van der Waals surface area contributed by atoms with Gasteiger partial charge in [0.1, 0.15) is 0 Å². The molecule has 20 heavy (non-hydrogen) atoms. The van der Waals surface area contributed by atoms with Crippen LogP contribution in [0.1, 0.15) is 21.6 Å². The minimum atomic E-state index is -0.107. The predicted molar refractivity (Wildman–Crippen MR) is 78.4 cm³/mol. The van der Waals surface area contributed by atoms with Crippen LogP contribution < -0.4 is 5.32 Å². The number of hydrogen-bond donors (Lipinski definition) is 2. The lowest BCUT2D eigenvalue weighted by molar-refractivity contribution is 0.0950. The molecule has 0 saturated heterocycles. The van der Waals surface area contributed by atoms with Gasteiger partial charge in [0.05, 0.1) is 11.8 Å². The highest BCUT2D eigenvalue weighted by Crippen LogP contribution is 2.18. The van der Waals surface area contributed by atoms with E-state index in [1.807, 2.05) is 31.2 Å². The van der Waals surface area contributed by atoms with E-state index in [9.17, 15) is 4.79 Å². The molecule has 3 aromatic rings. The Hall–Kier alpha value is -2.62. The molecule has 0 aliphatic rings.